The van der Waals surface area contributed by atoms with Gasteiger partial charge < -0.3 is 15.5 Å². The molecule has 3 N–H and O–H groups in total. The number of phenols is 1. The van der Waals surface area contributed by atoms with Gasteiger partial charge in [0.2, 0.25) is 12.2 Å². The third kappa shape index (κ3) is 2.05. The molecule has 0 aliphatic rings. The van der Waals surface area contributed by atoms with Crippen LogP contribution in [0.5, 0.6) is 5.75 Å². The summed E-state index contributed by atoms with van der Waals surface area (Å²) in [5, 5.41) is 30.5. The van der Waals surface area contributed by atoms with Gasteiger partial charge in [-0.05, 0) is 6.07 Å². The second-order valence-corrected chi connectivity index (χ2v) is 2.72. The van der Waals surface area contributed by atoms with E-state index in [4.69, 9.17) is 5.11 Å². The summed E-state index contributed by atoms with van der Waals surface area (Å²) in [6, 6.07) is 1.77. The number of hydrogen-bond donors (Lipinski definition) is 3. The van der Waals surface area contributed by atoms with E-state index in [1.807, 2.05) is 0 Å². The fourth-order valence-electron chi connectivity index (χ4n) is 1.07. The molecule has 1 aromatic rings. The van der Waals surface area contributed by atoms with Crippen LogP contribution < -0.4 is 5.32 Å². The Morgan fingerprint density at radius 3 is 2.56 bits per heavy atom. The molecular weight excluding hydrogens is 220 g/mol. The zero-order chi connectivity index (χ0) is 12.3. The summed E-state index contributed by atoms with van der Waals surface area (Å²) in [5.74, 6) is -2.48. The SMILES string of the molecule is O=CNc1cc(C(=O)O)c(O)c([N+](=O)[O-])c1. The van der Waals surface area contributed by atoms with E-state index in [2.05, 4.69) is 5.32 Å². The molecule has 1 rings (SSSR count). The van der Waals surface area contributed by atoms with Gasteiger partial charge >= 0.3 is 11.7 Å². The number of nitro groups is 1. The van der Waals surface area contributed by atoms with E-state index in [9.17, 15) is 24.8 Å². The lowest BCUT2D eigenvalue weighted by Gasteiger charge is -2.04. The van der Waals surface area contributed by atoms with Gasteiger partial charge in [0, 0.05) is 11.8 Å². The second kappa shape index (κ2) is 4.26. The normalized spacial score (nSPS) is 9.50. The molecule has 1 amide bonds. The van der Waals surface area contributed by atoms with Crippen molar-refractivity contribution in [3.8, 4) is 5.75 Å². The van der Waals surface area contributed by atoms with Crippen molar-refractivity contribution in [1.82, 2.24) is 0 Å². The van der Waals surface area contributed by atoms with E-state index >= 15 is 0 Å². The van der Waals surface area contributed by atoms with Crippen molar-refractivity contribution in [2.24, 2.45) is 0 Å². The smallest absolute Gasteiger partial charge is 0.339 e. The van der Waals surface area contributed by atoms with Crippen molar-refractivity contribution in [1.29, 1.82) is 0 Å². The number of aromatic hydroxyl groups is 1. The molecule has 0 aliphatic carbocycles. The van der Waals surface area contributed by atoms with Gasteiger partial charge in [0.1, 0.15) is 5.56 Å². The van der Waals surface area contributed by atoms with Crippen LogP contribution in [0, 0.1) is 10.1 Å². The lowest BCUT2D eigenvalue weighted by molar-refractivity contribution is -0.385. The maximum atomic E-state index is 10.7. The Kier molecular flexibility index (Phi) is 3.04. The van der Waals surface area contributed by atoms with E-state index in [1.165, 1.54) is 0 Å². The van der Waals surface area contributed by atoms with Crippen molar-refractivity contribution in [3.05, 3.63) is 27.8 Å². The van der Waals surface area contributed by atoms with Crippen molar-refractivity contribution in [2.75, 3.05) is 5.32 Å². The van der Waals surface area contributed by atoms with Gasteiger partial charge in [-0.1, -0.05) is 0 Å². The number of hydrogen-bond acceptors (Lipinski definition) is 5. The summed E-state index contributed by atoms with van der Waals surface area (Å²) >= 11 is 0. The quantitative estimate of drug-likeness (QED) is 0.297. The van der Waals surface area contributed by atoms with Gasteiger partial charge in [-0.15, -0.1) is 0 Å². The number of nitro benzene ring substituents is 1. The summed E-state index contributed by atoms with van der Waals surface area (Å²) in [6.07, 6.45) is 0.238. The number of rotatable bonds is 4. The predicted molar refractivity (Wildman–Crippen MR) is 51.4 cm³/mol. The molecular formula is C8H6N2O6. The number of benzene rings is 1. The fourth-order valence-corrected chi connectivity index (χ4v) is 1.07. The van der Waals surface area contributed by atoms with Crippen LogP contribution in [0.3, 0.4) is 0 Å². The molecule has 0 fully saturated rings. The van der Waals surface area contributed by atoms with E-state index in [0.717, 1.165) is 12.1 Å². The van der Waals surface area contributed by atoms with Gasteiger partial charge in [0.25, 0.3) is 0 Å². The number of nitrogens with zero attached hydrogens (tertiary/aromatic N) is 1. The highest BCUT2D eigenvalue weighted by molar-refractivity contribution is 5.94. The van der Waals surface area contributed by atoms with Gasteiger partial charge in [0.05, 0.1) is 4.92 Å². The lowest BCUT2D eigenvalue weighted by Crippen LogP contribution is -2.03. The summed E-state index contributed by atoms with van der Waals surface area (Å²) < 4.78 is 0. The zero-order valence-electron chi connectivity index (χ0n) is 7.71. The number of carbonyl (C=O) groups is 2. The van der Waals surface area contributed by atoms with Gasteiger partial charge in [0.15, 0.2) is 0 Å². The van der Waals surface area contributed by atoms with Crippen LogP contribution in [0.15, 0.2) is 12.1 Å². The van der Waals surface area contributed by atoms with Crippen molar-refractivity contribution < 1.29 is 24.7 Å². The number of carboxylic acid groups (broad SMARTS) is 1. The van der Waals surface area contributed by atoms with Crippen LogP contribution in [0.1, 0.15) is 10.4 Å². The van der Waals surface area contributed by atoms with Crippen molar-refractivity contribution in [2.45, 2.75) is 0 Å². The highest BCUT2D eigenvalue weighted by Gasteiger charge is 2.22. The van der Waals surface area contributed by atoms with Crippen LogP contribution in [0.25, 0.3) is 0 Å². The van der Waals surface area contributed by atoms with Crippen LogP contribution in [0.2, 0.25) is 0 Å². The molecule has 0 spiro atoms. The van der Waals surface area contributed by atoms with Crippen LogP contribution in [-0.4, -0.2) is 27.5 Å². The molecule has 8 nitrogen and oxygen atoms in total. The highest BCUT2D eigenvalue weighted by Crippen LogP contribution is 2.33. The molecule has 0 unspecified atom stereocenters. The molecule has 0 saturated heterocycles. The molecule has 0 aromatic heterocycles. The number of amides is 1. The Hall–Kier alpha value is -2.64. The van der Waals surface area contributed by atoms with Gasteiger partial charge in [-0.3, -0.25) is 14.9 Å². The standard InChI is InChI=1S/C8H6N2O6/c11-3-9-4-1-5(8(13)14)7(12)6(2-4)10(15)16/h1-3,12H,(H,9,11)(H,13,14). The first-order valence-corrected chi connectivity index (χ1v) is 3.92. The maximum absolute atomic E-state index is 10.7. The molecule has 0 radical (unpaired) electrons. The summed E-state index contributed by atoms with van der Waals surface area (Å²) in [4.78, 5) is 30.3. The number of nitrogens with one attached hydrogen (secondary N) is 1. The zero-order valence-corrected chi connectivity index (χ0v) is 7.71. The Bertz CT molecular complexity index is 435. The first kappa shape index (κ1) is 11.4. The summed E-state index contributed by atoms with van der Waals surface area (Å²) in [6.45, 7) is 0. The predicted octanol–water partition coefficient (Wildman–Crippen LogP) is 0.567. The topological polar surface area (TPSA) is 130 Å². The fraction of sp³-hybridized carbons (Fsp3) is 0. The Morgan fingerprint density at radius 2 is 2.12 bits per heavy atom. The molecule has 0 bridgehead atoms. The first-order valence-electron chi connectivity index (χ1n) is 3.92. The highest BCUT2D eigenvalue weighted by atomic mass is 16.6. The second-order valence-electron chi connectivity index (χ2n) is 2.72. The molecule has 0 atom stereocenters. The van der Waals surface area contributed by atoms with Crippen molar-refractivity contribution in [3.63, 3.8) is 0 Å². The number of aromatic carboxylic acids is 1. The lowest BCUT2D eigenvalue weighted by atomic mass is 10.1. The minimum Gasteiger partial charge on any atom is -0.501 e. The van der Waals surface area contributed by atoms with E-state index < -0.39 is 27.9 Å². The third-order valence-corrected chi connectivity index (χ3v) is 1.74. The van der Waals surface area contributed by atoms with E-state index in [0.29, 0.717) is 0 Å². The summed E-state index contributed by atoms with van der Waals surface area (Å²) in [7, 11) is 0. The Morgan fingerprint density at radius 1 is 1.50 bits per heavy atom. The molecule has 0 aliphatic heterocycles. The average Bonchev–Trinajstić information content (AvgIpc) is 2.19. The van der Waals surface area contributed by atoms with E-state index in [-0.39, 0.29) is 12.1 Å². The van der Waals surface area contributed by atoms with Crippen LogP contribution in [0.4, 0.5) is 11.4 Å². The maximum Gasteiger partial charge on any atom is 0.339 e. The minimum atomic E-state index is -1.53. The Balaban J connectivity index is 3.44. The third-order valence-electron chi connectivity index (χ3n) is 1.74. The molecule has 8 heteroatoms. The van der Waals surface area contributed by atoms with Gasteiger partial charge in [-0.25, -0.2) is 4.79 Å². The largest absolute Gasteiger partial charge is 0.501 e. The van der Waals surface area contributed by atoms with Crippen LogP contribution >= 0.6 is 0 Å². The summed E-state index contributed by atoms with van der Waals surface area (Å²) in [5.41, 5.74) is -1.53. The molecule has 16 heavy (non-hydrogen) atoms. The molecule has 1 aromatic carbocycles. The monoisotopic (exact) mass is 226 g/mol. The molecule has 0 saturated carbocycles. The average molecular weight is 226 g/mol. The number of carbonyl (C=O) groups excluding carboxylic acids is 1. The minimum absolute atomic E-state index is 0.0862. The number of carboxylic acids is 1. The van der Waals surface area contributed by atoms with E-state index in [1.54, 1.807) is 0 Å². The van der Waals surface area contributed by atoms with Gasteiger partial charge in [-0.2, -0.15) is 0 Å². The number of anilines is 1. The Labute approximate surface area is 88.3 Å². The van der Waals surface area contributed by atoms with Crippen LogP contribution in [-0.2, 0) is 4.79 Å². The van der Waals surface area contributed by atoms with Crippen molar-refractivity contribution >= 4 is 23.8 Å². The molecule has 84 valence electrons. The first-order chi connectivity index (χ1) is 7.47. The molecule has 0 heterocycles.